The van der Waals surface area contributed by atoms with Crippen LogP contribution in [0.3, 0.4) is 0 Å². The van der Waals surface area contributed by atoms with Crippen LogP contribution in [0.2, 0.25) is 0 Å². The van der Waals surface area contributed by atoms with Gasteiger partial charge in [0, 0.05) is 6.54 Å². The molecule has 4 rings (SSSR count). The van der Waals surface area contributed by atoms with Crippen LogP contribution in [-0.4, -0.2) is 37.7 Å². The molecule has 1 heterocycles. The van der Waals surface area contributed by atoms with Crippen LogP contribution in [0.5, 0.6) is 17.2 Å². The maximum Gasteiger partial charge on any atom is 0.264 e. The normalized spacial score (nSPS) is 16.1. The molecule has 2 atom stereocenters. The van der Waals surface area contributed by atoms with E-state index >= 15 is 0 Å². The van der Waals surface area contributed by atoms with Crippen molar-refractivity contribution in [3.63, 3.8) is 0 Å². The molecule has 0 N–H and O–H groups in total. The average molecular weight is 432 g/mol. The minimum atomic E-state index is -0.606. The second kappa shape index (κ2) is 9.35. The van der Waals surface area contributed by atoms with Gasteiger partial charge >= 0.3 is 0 Å². The van der Waals surface area contributed by atoms with Crippen molar-refractivity contribution >= 4 is 5.91 Å². The van der Waals surface area contributed by atoms with Crippen LogP contribution >= 0.6 is 0 Å². The lowest BCUT2D eigenvalue weighted by molar-refractivity contribution is -0.140. The fraction of sp³-hybridized carbons (Fsp3) is 0.296. The molecular formula is C27H29NO4. The smallest absolute Gasteiger partial charge is 0.264 e. The molecule has 5 heteroatoms. The summed E-state index contributed by atoms with van der Waals surface area (Å²) in [6.45, 7) is 4.44. The van der Waals surface area contributed by atoms with E-state index in [1.165, 1.54) is 0 Å². The van der Waals surface area contributed by atoms with Crippen molar-refractivity contribution < 1.29 is 19.0 Å². The number of nitrogens with zero attached hydrogens (tertiary/aromatic N) is 1. The Bertz CT molecular complexity index is 1080. The molecule has 3 aromatic carbocycles. The molecule has 0 aromatic heterocycles. The third-order valence-corrected chi connectivity index (χ3v) is 5.95. The van der Waals surface area contributed by atoms with E-state index in [4.69, 9.17) is 14.2 Å². The van der Waals surface area contributed by atoms with Crippen LogP contribution in [0.4, 0.5) is 0 Å². The number of fused-ring (bicyclic) bond motifs is 1. The van der Waals surface area contributed by atoms with Crippen LogP contribution in [0.15, 0.2) is 66.7 Å². The Labute approximate surface area is 189 Å². The van der Waals surface area contributed by atoms with Gasteiger partial charge in [0.2, 0.25) is 0 Å². The number of benzene rings is 3. The number of hydrogen-bond donors (Lipinski definition) is 0. The zero-order valence-electron chi connectivity index (χ0n) is 19.0. The highest BCUT2D eigenvalue weighted by molar-refractivity contribution is 5.82. The number of methoxy groups -OCH3 is 2. The predicted octanol–water partition coefficient (Wildman–Crippen LogP) is 4.95. The Balaban J connectivity index is 1.70. The maximum absolute atomic E-state index is 13.6. The lowest BCUT2D eigenvalue weighted by Crippen LogP contribution is -2.46. The molecule has 2 unspecified atom stereocenters. The van der Waals surface area contributed by atoms with Gasteiger partial charge in [-0.1, -0.05) is 48.0 Å². The molecule has 3 aromatic rings. The minimum absolute atomic E-state index is 0.0418. The molecule has 0 saturated heterocycles. The fourth-order valence-corrected chi connectivity index (χ4v) is 4.28. The summed E-state index contributed by atoms with van der Waals surface area (Å²) < 4.78 is 17.1. The number of carbonyl (C=O) groups excluding carboxylic acids is 1. The van der Waals surface area contributed by atoms with Gasteiger partial charge in [-0.25, -0.2) is 0 Å². The Morgan fingerprint density at radius 1 is 0.969 bits per heavy atom. The second-order valence-electron chi connectivity index (χ2n) is 8.07. The Morgan fingerprint density at radius 3 is 2.28 bits per heavy atom. The molecule has 0 radical (unpaired) electrons. The van der Waals surface area contributed by atoms with Crippen LogP contribution in [0, 0.1) is 6.92 Å². The van der Waals surface area contributed by atoms with Gasteiger partial charge in [-0.2, -0.15) is 0 Å². The van der Waals surface area contributed by atoms with Crippen LogP contribution in [-0.2, 0) is 11.2 Å². The highest BCUT2D eigenvalue weighted by Gasteiger charge is 2.35. The van der Waals surface area contributed by atoms with Gasteiger partial charge in [0.1, 0.15) is 5.75 Å². The second-order valence-corrected chi connectivity index (χ2v) is 8.07. The summed E-state index contributed by atoms with van der Waals surface area (Å²) in [6, 6.07) is 21.7. The van der Waals surface area contributed by atoms with Crippen molar-refractivity contribution in [1.82, 2.24) is 4.90 Å². The molecule has 166 valence electrons. The topological polar surface area (TPSA) is 48.0 Å². The highest BCUT2D eigenvalue weighted by atomic mass is 16.5. The predicted molar refractivity (Wildman–Crippen MR) is 125 cm³/mol. The fourth-order valence-electron chi connectivity index (χ4n) is 4.28. The standard InChI is InChI=1S/C27H29NO4/c1-18-10-12-22(13-11-18)32-19(2)27(29)28-15-14-21-16-24(30-3)25(31-4)17-23(21)26(28)20-8-6-5-7-9-20/h5-13,16-17,19,26H,14-15H2,1-4H3. The molecule has 5 nitrogen and oxygen atoms in total. The van der Waals surface area contributed by atoms with Crippen LogP contribution in [0.1, 0.15) is 35.2 Å². The number of aryl methyl sites for hydroxylation is 1. The quantitative estimate of drug-likeness (QED) is 0.554. The lowest BCUT2D eigenvalue weighted by atomic mass is 9.87. The summed E-state index contributed by atoms with van der Waals surface area (Å²) in [5.41, 5.74) is 4.41. The molecule has 0 fully saturated rings. The van der Waals surface area contributed by atoms with E-state index in [0.29, 0.717) is 23.8 Å². The maximum atomic E-state index is 13.6. The third kappa shape index (κ3) is 4.28. The van der Waals surface area contributed by atoms with E-state index < -0.39 is 6.10 Å². The first kappa shape index (κ1) is 21.8. The van der Waals surface area contributed by atoms with E-state index in [0.717, 1.165) is 28.7 Å². The van der Waals surface area contributed by atoms with Gasteiger partial charge < -0.3 is 19.1 Å². The van der Waals surface area contributed by atoms with Crippen molar-refractivity contribution in [2.45, 2.75) is 32.4 Å². The number of rotatable bonds is 6. The molecule has 0 bridgehead atoms. The summed E-state index contributed by atoms with van der Waals surface area (Å²) in [7, 11) is 3.27. The molecule has 0 aliphatic carbocycles. The van der Waals surface area contributed by atoms with Crippen LogP contribution < -0.4 is 14.2 Å². The summed E-state index contributed by atoms with van der Waals surface area (Å²) in [5, 5.41) is 0. The Morgan fingerprint density at radius 2 is 1.62 bits per heavy atom. The largest absolute Gasteiger partial charge is 0.493 e. The zero-order valence-corrected chi connectivity index (χ0v) is 19.0. The van der Waals surface area contributed by atoms with E-state index in [1.807, 2.05) is 73.3 Å². The SMILES string of the molecule is COc1cc2c(cc1OC)C(c1ccccc1)N(C(=O)C(C)Oc1ccc(C)cc1)CC2. The molecule has 0 spiro atoms. The van der Waals surface area contributed by atoms with E-state index in [9.17, 15) is 4.79 Å². The van der Waals surface area contributed by atoms with Crippen molar-refractivity contribution in [2.75, 3.05) is 20.8 Å². The molecule has 32 heavy (non-hydrogen) atoms. The monoisotopic (exact) mass is 431 g/mol. The average Bonchev–Trinajstić information content (AvgIpc) is 2.83. The van der Waals surface area contributed by atoms with Gasteiger partial charge in [-0.15, -0.1) is 0 Å². The zero-order chi connectivity index (χ0) is 22.7. The minimum Gasteiger partial charge on any atom is -0.493 e. The Hall–Kier alpha value is -3.47. The van der Waals surface area contributed by atoms with Gasteiger partial charge in [0.15, 0.2) is 17.6 Å². The van der Waals surface area contributed by atoms with Gasteiger partial charge in [0.05, 0.1) is 20.3 Å². The molecule has 1 aliphatic heterocycles. The van der Waals surface area contributed by atoms with Crippen molar-refractivity contribution in [1.29, 1.82) is 0 Å². The third-order valence-electron chi connectivity index (χ3n) is 5.95. The van der Waals surface area contributed by atoms with Crippen LogP contribution in [0.25, 0.3) is 0 Å². The molecule has 0 saturated carbocycles. The van der Waals surface area contributed by atoms with Gasteiger partial charge in [-0.05, 0) is 61.2 Å². The molecule has 1 aliphatic rings. The van der Waals surface area contributed by atoms with Crippen molar-refractivity contribution in [3.05, 3.63) is 89.0 Å². The summed E-state index contributed by atoms with van der Waals surface area (Å²) in [4.78, 5) is 15.5. The van der Waals surface area contributed by atoms with E-state index in [2.05, 4.69) is 12.1 Å². The first-order valence-corrected chi connectivity index (χ1v) is 10.9. The van der Waals surface area contributed by atoms with Gasteiger partial charge in [-0.3, -0.25) is 4.79 Å². The first-order valence-electron chi connectivity index (χ1n) is 10.9. The first-order chi connectivity index (χ1) is 15.5. The van der Waals surface area contributed by atoms with Crippen molar-refractivity contribution in [2.24, 2.45) is 0 Å². The summed E-state index contributed by atoms with van der Waals surface area (Å²) in [6.07, 6.45) is 0.132. The van der Waals surface area contributed by atoms with E-state index in [1.54, 1.807) is 14.2 Å². The Kier molecular flexibility index (Phi) is 6.35. The molecule has 1 amide bonds. The van der Waals surface area contributed by atoms with Crippen molar-refractivity contribution in [3.8, 4) is 17.2 Å². The van der Waals surface area contributed by atoms with E-state index in [-0.39, 0.29) is 11.9 Å². The summed E-state index contributed by atoms with van der Waals surface area (Å²) in [5.74, 6) is 2.01. The number of carbonyl (C=O) groups is 1. The highest BCUT2D eigenvalue weighted by Crippen LogP contribution is 2.41. The van der Waals surface area contributed by atoms with Gasteiger partial charge in [0.25, 0.3) is 5.91 Å². The number of amides is 1. The number of ether oxygens (including phenoxy) is 3. The lowest BCUT2D eigenvalue weighted by Gasteiger charge is -2.39. The number of hydrogen-bond acceptors (Lipinski definition) is 4. The molecular weight excluding hydrogens is 402 g/mol. The summed E-state index contributed by atoms with van der Waals surface area (Å²) >= 11 is 0.